The van der Waals surface area contributed by atoms with Crippen molar-refractivity contribution < 1.29 is 17.9 Å². The van der Waals surface area contributed by atoms with E-state index in [0.29, 0.717) is 13.0 Å². The van der Waals surface area contributed by atoms with Gasteiger partial charge in [-0.3, -0.25) is 4.79 Å². The summed E-state index contributed by atoms with van der Waals surface area (Å²) in [4.78, 5) is 11.2. The molecule has 0 aromatic carbocycles. The van der Waals surface area contributed by atoms with Crippen molar-refractivity contribution in [2.24, 2.45) is 0 Å². The van der Waals surface area contributed by atoms with E-state index in [9.17, 15) is 13.2 Å². The lowest BCUT2D eigenvalue weighted by molar-refractivity contribution is -0.142. The van der Waals surface area contributed by atoms with Gasteiger partial charge in [0.25, 0.3) is 0 Å². The first-order chi connectivity index (χ1) is 8.51. The molecule has 1 aliphatic rings. The van der Waals surface area contributed by atoms with Crippen LogP contribution in [0.15, 0.2) is 0 Å². The van der Waals surface area contributed by atoms with E-state index in [1.165, 1.54) is 4.31 Å². The number of hydrogen-bond acceptors (Lipinski definition) is 5. The maximum atomic E-state index is 12.0. The fourth-order valence-corrected chi connectivity index (χ4v) is 3.54. The van der Waals surface area contributed by atoms with Crippen LogP contribution in [0.2, 0.25) is 0 Å². The van der Waals surface area contributed by atoms with E-state index in [1.807, 2.05) is 6.07 Å². The predicted molar refractivity (Wildman–Crippen MR) is 65.0 cm³/mol. The van der Waals surface area contributed by atoms with Gasteiger partial charge in [-0.2, -0.15) is 9.57 Å². The molecule has 1 fully saturated rings. The van der Waals surface area contributed by atoms with Crippen LogP contribution in [0.25, 0.3) is 0 Å². The maximum Gasteiger partial charge on any atom is 0.306 e. The quantitative estimate of drug-likeness (QED) is 0.687. The fraction of sp³-hybridized carbons (Fsp3) is 0.818. The largest absolute Gasteiger partial charge is 0.466 e. The van der Waals surface area contributed by atoms with Crippen LogP contribution < -0.4 is 0 Å². The second-order valence-electron chi connectivity index (χ2n) is 4.12. The van der Waals surface area contributed by atoms with E-state index in [2.05, 4.69) is 0 Å². The van der Waals surface area contributed by atoms with E-state index in [4.69, 9.17) is 10.00 Å². The Hall–Kier alpha value is -1.13. The average Bonchev–Trinajstić information content (AvgIpc) is 2.37. The Morgan fingerprint density at radius 2 is 2.22 bits per heavy atom. The van der Waals surface area contributed by atoms with Crippen LogP contribution in [-0.4, -0.2) is 43.6 Å². The van der Waals surface area contributed by atoms with Gasteiger partial charge in [-0.1, -0.05) is 0 Å². The number of sulfonamides is 1. The molecule has 0 aliphatic carbocycles. The van der Waals surface area contributed by atoms with Crippen molar-refractivity contribution in [3.63, 3.8) is 0 Å². The summed E-state index contributed by atoms with van der Waals surface area (Å²) in [6, 6.07) is 1.41. The Balaban J connectivity index is 2.62. The zero-order valence-corrected chi connectivity index (χ0v) is 11.3. The monoisotopic (exact) mass is 274 g/mol. The molecular weight excluding hydrogens is 256 g/mol. The molecule has 102 valence electrons. The second-order valence-corrected chi connectivity index (χ2v) is 6.16. The van der Waals surface area contributed by atoms with E-state index in [1.54, 1.807) is 6.92 Å². The minimum Gasteiger partial charge on any atom is -0.466 e. The van der Waals surface area contributed by atoms with Crippen molar-refractivity contribution in [3.8, 4) is 6.07 Å². The topological polar surface area (TPSA) is 87.5 Å². The normalized spacial score (nSPS) is 21.2. The first-order valence-electron chi connectivity index (χ1n) is 6.06. The SMILES string of the molecule is CCOC(=O)CCS(=O)(=O)N1CCCCC1C#N. The summed E-state index contributed by atoms with van der Waals surface area (Å²) in [6.45, 7) is 2.27. The van der Waals surface area contributed by atoms with Crippen LogP contribution in [0.1, 0.15) is 32.6 Å². The third-order valence-corrected chi connectivity index (χ3v) is 4.70. The molecule has 1 saturated heterocycles. The summed E-state index contributed by atoms with van der Waals surface area (Å²) >= 11 is 0. The van der Waals surface area contributed by atoms with Gasteiger partial charge in [-0.15, -0.1) is 0 Å². The van der Waals surface area contributed by atoms with Gasteiger partial charge in [0.1, 0.15) is 6.04 Å². The molecule has 0 aromatic heterocycles. The van der Waals surface area contributed by atoms with Gasteiger partial charge in [0, 0.05) is 6.54 Å². The molecule has 1 unspecified atom stereocenters. The standard InChI is InChI=1S/C11H18N2O4S/c1-2-17-11(14)6-8-18(15,16)13-7-4-3-5-10(13)9-12/h10H,2-8H2,1H3. The highest BCUT2D eigenvalue weighted by molar-refractivity contribution is 7.89. The highest BCUT2D eigenvalue weighted by Gasteiger charge is 2.32. The molecule has 0 N–H and O–H groups in total. The van der Waals surface area contributed by atoms with E-state index in [-0.39, 0.29) is 18.8 Å². The van der Waals surface area contributed by atoms with E-state index >= 15 is 0 Å². The molecule has 1 atom stereocenters. The molecule has 1 heterocycles. The Morgan fingerprint density at radius 3 is 2.83 bits per heavy atom. The summed E-state index contributed by atoms with van der Waals surface area (Å²) in [6.07, 6.45) is 2.03. The van der Waals surface area contributed by atoms with Gasteiger partial charge < -0.3 is 4.74 Å². The minimum atomic E-state index is -3.55. The van der Waals surface area contributed by atoms with Crippen molar-refractivity contribution in [3.05, 3.63) is 0 Å². The van der Waals surface area contributed by atoms with Gasteiger partial charge in [-0.25, -0.2) is 8.42 Å². The molecule has 0 aromatic rings. The van der Waals surface area contributed by atoms with E-state index < -0.39 is 22.0 Å². The number of carbonyl (C=O) groups excluding carboxylic acids is 1. The van der Waals surface area contributed by atoms with Crippen LogP contribution in [0.3, 0.4) is 0 Å². The van der Waals surface area contributed by atoms with Gasteiger partial charge in [0.05, 0.1) is 24.8 Å². The smallest absolute Gasteiger partial charge is 0.306 e. The van der Waals surface area contributed by atoms with E-state index in [0.717, 1.165) is 12.8 Å². The average molecular weight is 274 g/mol. The number of nitriles is 1. The lowest BCUT2D eigenvalue weighted by Crippen LogP contribution is -2.44. The van der Waals surface area contributed by atoms with Crippen LogP contribution in [0.5, 0.6) is 0 Å². The molecule has 0 spiro atoms. The molecule has 6 nitrogen and oxygen atoms in total. The molecule has 1 rings (SSSR count). The molecule has 0 saturated carbocycles. The molecule has 0 radical (unpaired) electrons. The van der Waals surface area contributed by atoms with Crippen LogP contribution in [0.4, 0.5) is 0 Å². The summed E-state index contributed by atoms with van der Waals surface area (Å²) < 4.78 is 30.0. The zero-order valence-electron chi connectivity index (χ0n) is 10.5. The number of carbonyl (C=O) groups is 1. The predicted octanol–water partition coefficient (Wildman–Crippen LogP) is 0.647. The summed E-state index contributed by atoms with van der Waals surface area (Å²) in [5.41, 5.74) is 0. The Kier molecular flexibility index (Phi) is 5.56. The van der Waals surface area contributed by atoms with Crippen molar-refractivity contribution >= 4 is 16.0 Å². The zero-order chi connectivity index (χ0) is 13.6. The molecule has 18 heavy (non-hydrogen) atoms. The molecule has 0 bridgehead atoms. The fourth-order valence-electron chi connectivity index (χ4n) is 1.93. The highest BCUT2D eigenvalue weighted by Crippen LogP contribution is 2.20. The van der Waals surface area contributed by atoms with Gasteiger partial charge in [-0.05, 0) is 26.2 Å². The van der Waals surface area contributed by atoms with Crippen molar-refractivity contribution in [2.45, 2.75) is 38.6 Å². The van der Waals surface area contributed by atoms with Gasteiger partial charge >= 0.3 is 5.97 Å². The van der Waals surface area contributed by atoms with Crippen molar-refractivity contribution in [1.29, 1.82) is 5.26 Å². The third-order valence-electron chi connectivity index (χ3n) is 2.83. The summed E-state index contributed by atoms with van der Waals surface area (Å²) in [5, 5.41) is 8.94. The van der Waals surface area contributed by atoms with Crippen molar-refractivity contribution in [2.75, 3.05) is 18.9 Å². The van der Waals surface area contributed by atoms with Crippen LogP contribution >= 0.6 is 0 Å². The number of nitrogens with zero attached hydrogens (tertiary/aromatic N) is 2. The number of hydrogen-bond donors (Lipinski definition) is 0. The Bertz CT molecular complexity index is 427. The lowest BCUT2D eigenvalue weighted by Gasteiger charge is -2.30. The maximum absolute atomic E-state index is 12.0. The Labute approximate surface area is 108 Å². The molecule has 1 aliphatic heterocycles. The van der Waals surface area contributed by atoms with Gasteiger partial charge in [0.2, 0.25) is 10.0 Å². The highest BCUT2D eigenvalue weighted by atomic mass is 32.2. The molecule has 7 heteroatoms. The van der Waals surface area contributed by atoms with Crippen LogP contribution in [0, 0.1) is 11.3 Å². The second kappa shape index (κ2) is 6.71. The number of esters is 1. The molecule has 0 amide bonds. The number of ether oxygens (including phenoxy) is 1. The lowest BCUT2D eigenvalue weighted by atomic mass is 10.1. The Morgan fingerprint density at radius 1 is 1.50 bits per heavy atom. The summed E-state index contributed by atoms with van der Waals surface area (Å²) in [7, 11) is -3.55. The summed E-state index contributed by atoms with van der Waals surface area (Å²) in [5.74, 6) is -0.809. The minimum absolute atomic E-state index is 0.162. The first-order valence-corrected chi connectivity index (χ1v) is 7.67. The van der Waals surface area contributed by atoms with Gasteiger partial charge in [0.15, 0.2) is 0 Å². The number of piperidine rings is 1. The third kappa shape index (κ3) is 3.96. The van der Waals surface area contributed by atoms with Crippen LogP contribution in [-0.2, 0) is 19.6 Å². The number of rotatable bonds is 5. The van der Waals surface area contributed by atoms with Crippen molar-refractivity contribution in [1.82, 2.24) is 4.31 Å². The molecular formula is C11H18N2O4S. The first kappa shape index (κ1) is 14.9.